The molecule has 2 unspecified atom stereocenters. The molecule has 1 aliphatic rings. The van der Waals surface area contributed by atoms with E-state index in [1.807, 2.05) is 0 Å². The minimum atomic E-state index is 0.0609. The van der Waals surface area contributed by atoms with Crippen molar-refractivity contribution >= 4 is 12.1 Å². The Morgan fingerprint density at radius 3 is 2.24 bits per heavy atom. The molecule has 0 aliphatic carbocycles. The maximum atomic E-state index is 11.2. The predicted molar refractivity (Wildman–Crippen MR) is 126 cm³/mol. The van der Waals surface area contributed by atoms with Gasteiger partial charge in [0.25, 0.3) is 0 Å². The van der Waals surface area contributed by atoms with Crippen LogP contribution in [0.5, 0.6) is 0 Å². The summed E-state index contributed by atoms with van der Waals surface area (Å²) in [7, 11) is 0. The van der Waals surface area contributed by atoms with Crippen molar-refractivity contribution < 1.29 is 9.28 Å². The number of unbranched alkanes of at least 4 members (excludes halogenated alkanes) is 10. The Kier molecular flexibility index (Phi) is 14.8. The number of nitrogens with zero attached hydrogens (tertiary/aromatic N) is 2. The minimum Gasteiger partial charge on any atom is -0.351 e. The van der Waals surface area contributed by atoms with E-state index in [0.29, 0.717) is 6.17 Å². The van der Waals surface area contributed by atoms with Crippen molar-refractivity contribution in [2.45, 2.75) is 110 Å². The van der Waals surface area contributed by atoms with E-state index in [4.69, 9.17) is 4.99 Å². The van der Waals surface area contributed by atoms with E-state index in [0.717, 1.165) is 43.5 Å². The van der Waals surface area contributed by atoms with Crippen LogP contribution in [0.25, 0.3) is 0 Å². The van der Waals surface area contributed by atoms with E-state index in [1.165, 1.54) is 70.6 Å². The van der Waals surface area contributed by atoms with Gasteiger partial charge in [0.15, 0.2) is 6.17 Å². The summed E-state index contributed by atoms with van der Waals surface area (Å²) < 4.78 is 0.993. The average molecular weight is 407 g/mol. The van der Waals surface area contributed by atoms with Gasteiger partial charge in [0.1, 0.15) is 6.54 Å². The Morgan fingerprint density at radius 1 is 1.00 bits per heavy atom. The van der Waals surface area contributed by atoms with Crippen LogP contribution in [-0.2, 0) is 4.79 Å². The molecule has 1 N–H and O–H groups in total. The summed E-state index contributed by atoms with van der Waals surface area (Å²) in [6.07, 6.45) is 24.7. The molecule has 0 radical (unpaired) electrons. The normalized spacial score (nSPS) is 21.3. The van der Waals surface area contributed by atoms with Crippen LogP contribution in [-0.4, -0.2) is 48.9 Å². The number of carbonyl (C=O) groups excluding carboxylic acids is 1. The Morgan fingerprint density at radius 2 is 1.62 bits per heavy atom. The van der Waals surface area contributed by atoms with Gasteiger partial charge in [-0.25, -0.2) is 4.99 Å². The highest BCUT2D eigenvalue weighted by Gasteiger charge is 2.37. The number of aliphatic imine (C=N–C) groups is 1. The molecule has 1 amide bonds. The standard InChI is InChI=1S/C25H47N3O/c1-4-6-7-8-9-10-11-12-13-14-15-16-17-18-19-25-27-21-23-28(25,5-2)22-20-26-24(3)29/h16-17,21,25H,4-15,18-20,22-23H2,1-3H3/p+1/b17-16+. The molecule has 0 spiro atoms. The smallest absolute Gasteiger partial charge is 0.217 e. The van der Waals surface area contributed by atoms with Crippen molar-refractivity contribution in [3.63, 3.8) is 0 Å². The maximum absolute atomic E-state index is 11.2. The van der Waals surface area contributed by atoms with Gasteiger partial charge in [-0.3, -0.25) is 9.28 Å². The molecule has 168 valence electrons. The van der Waals surface area contributed by atoms with Crippen LogP contribution in [0.2, 0.25) is 0 Å². The van der Waals surface area contributed by atoms with Crippen molar-refractivity contribution in [2.75, 3.05) is 26.2 Å². The minimum absolute atomic E-state index is 0.0609. The number of quaternary nitrogens is 1. The van der Waals surface area contributed by atoms with Gasteiger partial charge in [-0.1, -0.05) is 76.9 Å². The fourth-order valence-corrected chi connectivity index (χ4v) is 4.37. The number of allylic oxidation sites excluding steroid dienone is 2. The second-order valence-electron chi connectivity index (χ2n) is 8.76. The molecule has 0 saturated heterocycles. The van der Waals surface area contributed by atoms with Crippen LogP contribution in [0.1, 0.15) is 104 Å². The molecule has 1 rings (SSSR count). The monoisotopic (exact) mass is 406 g/mol. The number of hydrogen-bond acceptors (Lipinski definition) is 2. The van der Waals surface area contributed by atoms with Gasteiger partial charge in [0, 0.05) is 13.3 Å². The average Bonchev–Trinajstić information content (AvgIpc) is 3.11. The lowest BCUT2D eigenvalue weighted by Crippen LogP contribution is -2.55. The summed E-state index contributed by atoms with van der Waals surface area (Å²) in [5, 5.41) is 2.95. The number of rotatable bonds is 18. The van der Waals surface area contributed by atoms with E-state index < -0.39 is 0 Å². The lowest BCUT2D eigenvalue weighted by Gasteiger charge is -2.38. The highest BCUT2D eigenvalue weighted by Crippen LogP contribution is 2.23. The van der Waals surface area contributed by atoms with Crippen molar-refractivity contribution in [2.24, 2.45) is 4.99 Å². The summed E-state index contributed by atoms with van der Waals surface area (Å²) in [5.41, 5.74) is 0. The first-order valence-corrected chi connectivity index (χ1v) is 12.4. The molecule has 1 heterocycles. The number of amides is 1. The zero-order valence-corrected chi connectivity index (χ0v) is 19.6. The lowest BCUT2D eigenvalue weighted by atomic mass is 10.1. The fourth-order valence-electron chi connectivity index (χ4n) is 4.37. The topological polar surface area (TPSA) is 41.5 Å². The molecule has 0 fully saturated rings. The van der Waals surface area contributed by atoms with Crippen molar-refractivity contribution in [3.8, 4) is 0 Å². The summed E-state index contributed by atoms with van der Waals surface area (Å²) >= 11 is 0. The van der Waals surface area contributed by atoms with Gasteiger partial charge in [-0.15, -0.1) is 0 Å². The van der Waals surface area contributed by atoms with E-state index in [2.05, 4.69) is 37.5 Å². The first kappa shape index (κ1) is 25.9. The van der Waals surface area contributed by atoms with E-state index in [-0.39, 0.29) is 5.91 Å². The van der Waals surface area contributed by atoms with Crippen molar-refractivity contribution in [3.05, 3.63) is 12.2 Å². The maximum Gasteiger partial charge on any atom is 0.217 e. The third-order valence-electron chi connectivity index (χ3n) is 6.40. The Bertz CT molecular complexity index is 475. The number of carbonyl (C=O) groups is 1. The molecule has 0 aromatic carbocycles. The number of nitrogens with one attached hydrogen (secondary N) is 1. The van der Waals surface area contributed by atoms with E-state index in [1.54, 1.807) is 6.92 Å². The molecule has 1 aliphatic heterocycles. The quantitative estimate of drug-likeness (QED) is 0.169. The molecule has 0 aromatic heterocycles. The molecule has 2 atom stereocenters. The molecule has 0 bridgehead atoms. The Balaban J connectivity index is 2.06. The Labute approximate surface area is 180 Å². The van der Waals surface area contributed by atoms with E-state index >= 15 is 0 Å². The van der Waals surface area contributed by atoms with Gasteiger partial charge < -0.3 is 5.32 Å². The van der Waals surface area contributed by atoms with E-state index in [9.17, 15) is 4.79 Å². The van der Waals surface area contributed by atoms with Crippen LogP contribution in [0.15, 0.2) is 17.1 Å². The van der Waals surface area contributed by atoms with Crippen LogP contribution < -0.4 is 5.32 Å². The third-order valence-corrected chi connectivity index (χ3v) is 6.40. The highest BCUT2D eigenvalue weighted by molar-refractivity contribution is 5.72. The highest BCUT2D eigenvalue weighted by atomic mass is 16.1. The molecule has 4 heteroatoms. The number of hydrogen-bond donors (Lipinski definition) is 1. The zero-order valence-electron chi connectivity index (χ0n) is 19.6. The van der Waals surface area contributed by atoms with Crippen molar-refractivity contribution in [1.82, 2.24) is 5.32 Å². The molecule has 0 saturated carbocycles. The van der Waals surface area contributed by atoms with Crippen LogP contribution in [0.4, 0.5) is 0 Å². The second kappa shape index (κ2) is 16.6. The number of likely N-dealkylation sites (N-methyl/N-ethyl adjacent to an activating group) is 1. The molecule has 29 heavy (non-hydrogen) atoms. The SMILES string of the molecule is CCCCCCCCCCCC/C=C/CCC1N=CC[N+]1(CC)CCNC(C)=O. The van der Waals surface area contributed by atoms with Crippen LogP contribution in [0, 0.1) is 0 Å². The van der Waals surface area contributed by atoms with Crippen molar-refractivity contribution in [1.29, 1.82) is 0 Å². The fraction of sp³-hybridized carbons (Fsp3) is 0.840. The predicted octanol–water partition coefficient (Wildman–Crippen LogP) is 6.02. The summed E-state index contributed by atoms with van der Waals surface area (Å²) in [6, 6.07) is 0. The summed E-state index contributed by atoms with van der Waals surface area (Å²) in [6.45, 7) is 9.92. The summed E-state index contributed by atoms with van der Waals surface area (Å²) in [5.74, 6) is 0.0609. The molecule has 4 nitrogen and oxygen atoms in total. The van der Waals surface area contributed by atoms with Crippen LogP contribution in [0.3, 0.4) is 0 Å². The molecular formula is C25H48N3O+. The van der Waals surface area contributed by atoms with Gasteiger partial charge in [-0.2, -0.15) is 0 Å². The largest absolute Gasteiger partial charge is 0.351 e. The van der Waals surface area contributed by atoms with Gasteiger partial charge in [0.05, 0.1) is 25.8 Å². The Hall–Kier alpha value is -1.16. The summed E-state index contributed by atoms with van der Waals surface area (Å²) in [4.78, 5) is 15.9. The first-order chi connectivity index (χ1) is 14.1. The second-order valence-corrected chi connectivity index (χ2v) is 8.76. The third kappa shape index (κ3) is 11.6. The molecule has 0 aromatic rings. The molecular weight excluding hydrogens is 358 g/mol. The zero-order chi connectivity index (χ0) is 21.2. The van der Waals surface area contributed by atoms with Gasteiger partial charge in [0.2, 0.25) is 5.91 Å². The van der Waals surface area contributed by atoms with Gasteiger partial charge >= 0.3 is 0 Å². The lowest BCUT2D eigenvalue weighted by molar-refractivity contribution is -0.935. The van der Waals surface area contributed by atoms with Crippen LogP contribution >= 0.6 is 0 Å². The van der Waals surface area contributed by atoms with Gasteiger partial charge in [-0.05, 0) is 26.2 Å². The first-order valence-electron chi connectivity index (χ1n) is 12.4.